The van der Waals surface area contributed by atoms with Gasteiger partial charge in [-0.3, -0.25) is 4.79 Å². The Morgan fingerprint density at radius 1 is 1.36 bits per heavy atom. The summed E-state index contributed by atoms with van der Waals surface area (Å²) in [6.45, 7) is 3.74. The highest BCUT2D eigenvalue weighted by Crippen LogP contribution is 2.28. The van der Waals surface area contributed by atoms with Crippen LogP contribution in [-0.4, -0.2) is 22.5 Å². The van der Waals surface area contributed by atoms with Crippen molar-refractivity contribution in [2.75, 3.05) is 6.61 Å². The maximum atomic E-state index is 12.4. The van der Waals surface area contributed by atoms with E-state index in [1.165, 1.54) is 0 Å². The number of hydrogen-bond acceptors (Lipinski definition) is 5. The summed E-state index contributed by atoms with van der Waals surface area (Å²) in [5.74, 6) is -0.0374. The molecule has 0 unspecified atom stereocenters. The molecule has 5 nitrogen and oxygen atoms in total. The fourth-order valence-corrected chi connectivity index (χ4v) is 3.69. The van der Waals surface area contributed by atoms with E-state index in [2.05, 4.69) is 9.97 Å². The Morgan fingerprint density at radius 2 is 2.12 bits per heavy atom. The minimum Gasteiger partial charge on any atom is -0.462 e. The molecule has 2 heterocycles. The lowest BCUT2D eigenvalue weighted by Gasteiger charge is -1.99. The van der Waals surface area contributed by atoms with Gasteiger partial charge in [-0.15, -0.1) is 11.3 Å². The quantitative estimate of drug-likeness (QED) is 0.691. The summed E-state index contributed by atoms with van der Waals surface area (Å²) in [5.41, 5.74) is 1.13. The molecular formula is C18H15ClN2O3S. The molecule has 25 heavy (non-hydrogen) atoms. The van der Waals surface area contributed by atoms with Crippen LogP contribution in [0.1, 0.15) is 33.5 Å². The standard InChI is InChI=1S/C18H15ClN2O3S/c1-3-24-18(23)15-10(2)14-16(22)20-13(21-17(14)25-15)9-8-11-6-4-5-7-12(11)19/h4-9H,3H2,1-2H3,(H,20,21,22). The number of nitrogens with zero attached hydrogens (tertiary/aromatic N) is 1. The first-order chi connectivity index (χ1) is 12.0. The number of esters is 1. The molecule has 0 saturated heterocycles. The van der Waals surface area contributed by atoms with Crippen LogP contribution in [0.25, 0.3) is 22.4 Å². The number of carbonyl (C=O) groups is 1. The minimum absolute atomic E-state index is 0.280. The number of H-pyrrole nitrogens is 1. The zero-order valence-electron chi connectivity index (χ0n) is 13.6. The van der Waals surface area contributed by atoms with Crippen LogP contribution in [0.3, 0.4) is 0 Å². The van der Waals surface area contributed by atoms with Crippen LogP contribution in [0.2, 0.25) is 5.02 Å². The van der Waals surface area contributed by atoms with Gasteiger partial charge in [-0.1, -0.05) is 29.8 Å². The summed E-state index contributed by atoms with van der Waals surface area (Å²) in [6, 6.07) is 7.37. The summed E-state index contributed by atoms with van der Waals surface area (Å²) in [6.07, 6.45) is 3.46. The predicted molar refractivity (Wildman–Crippen MR) is 101 cm³/mol. The second kappa shape index (κ2) is 7.21. The van der Waals surface area contributed by atoms with Crippen LogP contribution in [0, 0.1) is 6.92 Å². The Hall–Kier alpha value is -2.44. The molecule has 0 saturated carbocycles. The number of aromatic amines is 1. The third-order valence-electron chi connectivity index (χ3n) is 3.61. The monoisotopic (exact) mass is 374 g/mol. The van der Waals surface area contributed by atoms with Crippen LogP contribution in [-0.2, 0) is 4.74 Å². The largest absolute Gasteiger partial charge is 0.462 e. The molecule has 3 rings (SSSR count). The van der Waals surface area contributed by atoms with Crippen molar-refractivity contribution in [1.29, 1.82) is 0 Å². The van der Waals surface area contributed by atoms with Gasteiger partial charge in [-0.25, -0.2) is 9.78 Å². The van der Waals surface area contributed by atoms with Crippen molar-refractivity contribution in [3.05, 3.63) is 61.5 Å². The van der Waals surface area contributed by atoms with Gasteiger partial charge < -0.3 is 9.72 Å². The van der Waals surface area contributed by atoms with Gasteiger partial charge in [-0.05, 0) is 43.2 Å². The highest BCUT2D eigenvalue weighted by molar-refractivity contribution is 7.20. The number of fused-ring (bicyclic) bond motifs is 1. The summed E-state index contributed by atoms with van der Waals surface area (Å²) >= 11 is 7.27. The van der Waals surface area contributed by atoms with Gasteiger partial charge in [0.05, 0.1) is 12.0 Å². The Labute approximate surface area is 152 Å². The van der Waals surface area contributed by atoms with Crippen LogP contribution in [0.4, 0.5) is 0 Å². The normalized spacial score (nSPS) is 11.3. The molecular weight excluding hydrogens is 360 g/mol. The minimum atomic E-state index is -0.435. The molecule has 0 aliphatic rings. The summed E-state index contributed by atoms with van der Waals surface area (Å²) in [7, 11) is 0. The van der Waals surface area contributed by atoms with Crippen LogP contribution in [0.5, 0.6) is 0 Å². The number of thiophene rings is 1. The molecule has 3 aromatic rings. The van der Waals surface area contributed by atoms with E-state index in [1.807, 2.05) is 18.2 Å². The molecule has 0 amide bonds. The zero-order chi connectivity index (χ0) is 18.0. The predicted octanol–water partition coefficient (Wildman–Crippen LogP) is 4.29. The van der Waals surface area contributed by atoms with Gasteiger partial charge in [0, 0.05) is 5.02 Å². The van der Waals surface area contributed by atoms with E-state index in [-0.39, 0.29) is 12.2 Å². The van der Waals surface area contributed by atoms with Gasteiger partial charge in [-0.2, -0.15) is 0 Å². The number of nitrogens with one attached hydrogen (secondary N) is 1. The number of aryl methyl sites for hydroxylation is 1. The average molecular weight is 375 g/mol. The maximum absolute atomic E-state index is 12.4. The van der Waals surface area contributed by atoms with Crippen molar-refractivity contribution in [3.8, 4) is 0 Å². The van der Waals surface area contributed by atoms with Crippen LogP contribution < -0.4 is 5.56 Å². The first-order valence-electron chi connectivity index (χ1n) is 7.64. The van der Waals surface area contributed by atoms with Crippen molar-refractivity contribution < 1.29 is 9.53 Å². The van der Waals surface area contributed by atoms with Gasteiger partial charge in [0.1, 0.15) is 15.5 Å². The van der Waals surface area contributed by atoms with Gasteiger partial charge in [0.2, 0.25) is 0 Å². The van der Waals surface area contributed by atoms with Crippen molar-refractivity contribution >= 4 is 51.3 Å². The molecule has 7 heteroatoms. The SMILES string of the molecule is CCOC(=O)c1sc2nc(C=Cc3ccccc3Cl)[nH]c(=O)c2c1C. The van der Waals surface area contributed by atoms with E-state index in [0.717, 1.165) is 16.9 Å². The zero-order valence-corrected chi connectivity index (χ0v) is 15.2. The molecule has 1 aromatic carbocycles. The molecule has 0 aliphatic heterocycles. The summed E-state index contributed by atoms with van der Waals surface area (Å²) in [4.78, 5) is 32.5. The van der Waals surface area contributed by atoms with E-state index in [1.54, 1.807) is 32.1 Å². The Kier molecular flexibility index (Phi) is 5.01. The first kappa shape index (κ1) is 17.4. The van der Waals surface area contributed by atoms with Crippen molar-refractivity contribution in [1.82, 2.24) is 9.97 Å². The lowest BCUT2D eigenvalue weighted by atomic mass is 10.2. The van der Waals surface area contributed by atoms with Gasteiger partial charge in [0.25, 0.3) is 5.56 Å². The number of aromatic nitrogens is 2. The molecule has 0 atom stereocenters. The van der Waals surface area contributed by atoms with E-state index >= 15 is 0 Å². The smallest absolute Gasteiger partial charge is 0.348 e. The molecule has 0 aliphatic carbocycles. The third-order valence-corrected chi connectivity index (χ3v) is 5.12. The average Bonchev–Trinajstić information content (AvgIpc) is 2.92. The van der Waals surface area contributed by atoms with Crippen LogP contribution >= 0.6 is 22.9 Å². The highest BCUT2D eigenvalue weighted by atomic mass is 35.5. The Bertz CT molecular complexity index is 1040. The molecule has 0 radical (unpaired) electrons. The van der Waals surface area contributed by atoms with E-state index < -0.39 is 5.97 Å². The number of rotatable bonds is 4. The summed E-state index contributed by atoms with van der Waals surface area (Å²) < 4.78 is 5.03. The lowest BCUT2D eigenvalue weighted by Crippen LogP contribution is -2.10. The third kappa shape index (κ3) is 3.50. The number of halogens is 1. The summed E-state index contributed by atoms with van der Waals surface area (Å²) in [5, 5.41) is 1.03. The molecule has 128 valence electrons. The molecule has 2 aromatic heterocycles. The van der Waals surface area contributed by atoms with Crippen LogP contribution in [0.15, 0.2) is 29.1 Å². The Morgan fingerprint density at radius 3 is 2.84 bits per heavy atom. The van der Waals surface area contributed by atoms with E-state index in [0.29, 0.717) is 31.5 Å². The fraction of sp³-hybridized carbons (Fsp3) is 0.167. The second-order valence-electron chi connectivity index (χ2n) is 5.26. The highest BCUT2D eigenvalue weighted by Gasteiger charge is 2.19. The van der Waals surface area contributed by atoms with Gasteiger partial charge in [0.15, 0.2) is 0 Å². The molecule has 0 bridgehead atoms. The number of ether oxygens (including phenoxy) is 1. The number of benzene rings is 1. The topological polar surface area (TPSA) is 72.0 Å². The van der Waals surface area contributed by atoms with Gasteiger partial charge >= 0.3 is 5.97 Å². The van der Waals surface area contributed by atoms with Crippen molar-refractivity contribution in [2.24, 2.45) is 0 Å². The molecule has 0 spiro atoms. The van der Waals surface area contributed by atoms with E-state index in [9.17, 15) is 9.59 Å². The number of hydrogen-bond donors (Lipinski definition) is 1. The number of carbonyl (C=O) groups excluding carboxylic acids is 1. The van der Waals surface area contributed by atoms with E-state index in [4.69, 9.17) is 16.3 Å². The Balaban J connectivity index is 2.03. The second-order valence-corrected chi connectivity index (χ2v) is 6.67. The molecule has 1 N–H and O–H groups in total. The fourth-order valence-electron chi connectivity index (χ4n) is 2.41. The first-order valence-corrected chi connectivity index (χ1v) is 8.84. The lowest BCUT2D eigenvalue weighted by molar-refractivity contribution is 0.0531. The maximum Gasteiger partial charge on any atom is 0.348 e. The van der Waals surface area contributed by atoms with Crippen molar-refractivity contribution in [3.63, 3.8) is 0 Å². The van der Waals surface area contributed by atoms with Crippen molar-refractivity contribution in [2.45, 2.75) is 13.8 Å². The molecule has 0 fully saturated rings.